The smallest absolute Gasteiger partial charge is 0.335 e. The molecule has 216 valence electrons. The minimum absolute atomic E-state index is 0.0763. The van der Waals surface area contributed by atoms with Gasteiger partial charge in [0.1, 0.15) is 11.4 Å². The molecular weight excluding hydrogens is 580 g/mol. The fourth-order valence-electron chi connectivity index (χ4n) is 7.60. The maximum Gasteiger partial charge on any atom is 0.335 e. The van der Waals surface area contributed by atoms with Crippen molar-refractivity contribution in [2.24, 2.45) is 17.8 Å². The van der Waals surface area contributed by atoms with Crippen molar-refractivity contribution in [1.82, 2.24) is 4.90 Å². The zero-order chi connectivity index (χ0) is 29.5. The van der Waals surface area contributed by atoms with Crippen molar-refractivity contribution in [2.75, 3.05) is 23.3 Å². The number of fused-ring (bicyclic) bond motifs is 3. The van der Waals surface area contributed by atoms with E-state index in [9.17, 15) is 19.5 Å². The molecule has 1 saturated carbocycles. The summed E-state index contributed by atoms with van der Waals surface area (Å²) in [5.74, 6) is -3.06. The Bertz CT molecular complexity index is 1650. The lowest BCUT2D eigenvalue weighted by Gasteiger charge is -2.40. The number of amides is 2. The van der Waals surface area contributed by atoms with Crippen molar-refractivity contribution in [3.63, 3.8) is 0 Å². The summed E-state index contributed by atoms with van der Waals surface area (Å²) in [4.78, 5) is 44.3. The third-order valence-corrected chi connectivity index (χ3v) is 10.2. The van der Waals surface area contributed by atoms with E-state index in [0.29, 0.717) is 53.3 Å². The summed E-state index contributed by atoms with van der Waals surface area (Å²) in [6, 6.07) is 15.8. The van der Waals surface area contributed by atoms with Crippen molar-refractivity contribution >= 4 is 52.4 Å². The van der Waals surface area contributed by atoms with Crippen LogP contribution in [0.1, 0.15) is 47.2 Å². The van der Waals surface area contributed by atoms with Gasteiger partial charge < -0.3 is 15.3 Å². The van der Waals surface area contributed by atoms with Gasteiger partial charge >= 0.3 is 5.97 Å². The monoisotopic (exact) mass is 607 g/mol. The molecule has 3 aromatic rings. The standard InChI is InChI=1S/C32H28Cl2FN3O4/c1-16-13-18(16)15-38-25-11-12-37(20-8-5-17(6-9-20)30(40)41)29(39)26(25)27(21-3-2-4-23(34)28(21)35)32(38)22-10-7-19(33)14-24(22)36-31(32)42/h2-10,14,16,18,25-27H,11-13,15H2,1H3,(H,36,42)(H,40,41)/t16?,18?,25-,26+,27-,32+/m0/s1. The Labute approximate surface area is 252 Å². The van der Waals surface area contributed by atoms with Crippen molar-refractivity contribution in [1.29, 1.82) is 0 Å². The van der Waals surface area contributed by atoms with Crippen LogP contribution >= 0.6 is 23.2 Å². The second-order valence-electron chi connectivity index (χ2n) is 11.9. The number of benzene rings is 3. The summed E-state index contributed by atoms with van der Waals surface area (Å²) in [5.41, 5.74) is 0.762. The number of carbonyl (C=O) groups is 3. The van der Waals surface area contributed by atoms with Gasteiger partial charge in [-0.05, 0) is 72.7 Å². The average molecular weight is 608 g/mol. The molecule has 0 bridgehead atoms. The molecule has 7 nitrogen and oxygen atoms in total. The molecule has 1 aliphatic carbocycles. The molecular formula is C32H28Cl2FN3O4. The molecule has 4 aliphatic rings. The van der Waals surface area contributed by atoms with Gasteiger partial charge in [-0.25, -0.2) is 9.18 Å². The van der Waals surface area contributed by atoms with Gasteiger partial charge in [0.15, 0.2) is 0 Å². The van der Waals surface area contributed by atoms with Crippen LogP contribution in [0.4, 0.5) is 15.8 Å². The van der Waals surface area contributed by atoms with Gasteiger partial charge in [-0.3, -0.25) is 14.5 Å². The molecule has 3 aliphatic heterocycles. The molecule has 3 heterocycles. The predicted molar refractivity (Wildman–Crippen MR) is 158 cm³/mol. The lowest BCUT2D eigenvalue weighted by Crippen LogP contribution is -2.54. The van der Waals surface area contributed by atoms with Gasteiger partial charge in [0.05, 0.1) is 16.5 Å². The Morgan fingerprint density at radius 3 is 2.55 bits per heavy atom. The number of anilines is 2. The number of rotatable bonds is 5. The number of hydrogen-bond donors (Lipinski definition) is 2. The number of piperidine rings is 1. The zero-order valence-corrected chi connectivity index (χ0v) is 24.2. The second kappa shape index (κ2) is 9.79. The van der Waals surface area contributed by atoms with Crippen molar-refractivity contribution in [3.05, 3.63) is 93.2 Å². The van der Waals surface area contributed by atoms with Gasteiger partial charge in [0.25, 0.3) is 0 Å². The highest BCUT2D eigenvalue weighted by Crippen LogP contribution is 2.62. The summed E-state index contributed by atoms with van der Waals surface area (Å²) in [5, 5.41) is 12.8. The van der Waals surface area contributed by atoms with E-state index in [1.54, 1.807) is 41.3 Å². The van der Waals surface area contributed by atoms with Crippen LogP contribution in [0, 0.1) is 23.6 Å². The molecule has 0 radical (unpaired) electrons. The number of likely N-dealkylation sites (tertiary alicyclic amines) is 1. The number of halogens is 3. The van der Waals surface area contributed by atoms with Gasteiger partial charge in [-0.15, -0.1) is 0 Å². The second-order valence-corrected chi connectivity index (χ2v) is 12.7. The third-order valence-electron chi connectivity index (χ3n) is 9.71. The van der Waals surface area contributed by atoms with E-state index in [-0.39, 0.29) is 34.0 Å². The van der Waals surface area contributed by atoms with Gasteiger partial charge in [0, 0.05) is 47.0 Å². The highest BCUT2D eigenvalue weighted by molar-refractivity contribution is 6.31. The molecule has 2 amide bonds. The third kappa shape index (κ3) is 3.92. The summed E-state index contributed by atoms with van der Waals surface area (Å²) in [6.45, 7) is 3.14. The number of carbonyl (C=O) groups excluding carboxylic acids is 2. The number of hydrogen-bond acceptors (Lipinski definition) is 4. The van der Waals surface area contributed by atoms with E-state index in [2.05, 4.69) is 17.1 Å². The average Bonchev–Trinajstić information content (AvgIpc) is 3.48. The Morgan fingerprint density at radius 2 is 1.86 bits per heavy atom. The normalized spacial score (nSPS) is 29.9. The largest absolute Gasteiger partial charge is 0.478 e. The molecule has 1 spiro atoms. The number of carboxylic acids is 1. The molecule has 3 fully saturated rings. The minimum atomic E-state index is -1.36. The highest BCUT2D eigenvalue weighted by Gasteiger charge is 2.70. The molecule has 3 aromatic carbocycles. The quantitative estimate of drug-likeness (QED) is 0.363. The Morgan fingerprint density at radius 1 is 1.12 bits per heavy atom. The van der Waals surface area contributed by atoms with E-state index >= 15 is 4.39 Å². The fourth-order valence-corrected chi connectivity index (χ4v) is 7.96. The first-order valence-electron chi connectivity index (χ1n) is 14.1. The van der Waals surface area contributed by atoms with Crippen LogP contribution in [-0.4, -0.2) is 46.9 Å². The Hall–Kier alpha value is -3.46. The van der Waals surface area contributed by atoms with Crippen LogP contribution in [0.25, 0.3) is 0 Å². The van der Waals surface area contributed by atoms with Crippen LogP contribution < -0.4 is 10.2 Å². The molecule has 6 atom stereocenters. The topological polar surface area (TPSA) is 90.0 Å². The van der Waals surface area contributed by atoms with Gasteiger partial charge in [-0.2, -0.15) is 0 Å². The first kappa shape index (κ1) is 27.4. The van der Waals surface area contributed by atoms with Crippen LogP contribution in [-0.2, 0) is 15.1 Å². The van der Waals surface area contributed by atoms with Crippen LogP contribution in [0.5, 0.6) is 0 Å². The Kier molecular flexibility index (Phi) is 6.38. The first-order chi connectivity index (χ1) is 20.1. The van der Waals surface area contributed by atoms with Crippen LogP contribution in [0.2, 0.25) is 10.0 Å². The van der Waals surface area contributed by atoms with E-state index in [0.717, 1.165) is 6.42 Å². The van der Waals surface area contributed by atoms with Crippen LogP contribution in [0.15, 0.2) is 60.7 Å². The number of aromatic carboxylic acids is 1. The Balaban J connectivity index is 1.43. The fraction of sp³-hybridized carbons (Fsp3) is 0.344. The molecule has 2 unspecified atom stereocenters. The lowest BCUT2D eigenvalue weighted by atomic mass is 9.70. The van der Waals surface area contributed by atoms with Gasteiger partial charge in [0.2, 0.25) is 11.8 Å². The number of nitrogens with zero attached hydrogens (tertiary/aromatic N) is 2. The summed E-state index contributed by atoms with van der Waals surface area (Å²) in [7, 11) is 0. The SMILES string of the molecule is CC1CC1CN1[C@H]2CCN(c3ccc(C(=O)O)cc3)C(=O)[C@H]2[C@H](c2cccc(Cl)c2F)[C@]12C(=O)Nc1cc(Cl)ccc12. The summed E-state index contributed by atoms with van der Waals surface area (Å²) in [6.07, 6.45) is 1.57. The van der Waals surface area contributed by atoms with E-state index in [4.69, 9.17) is 23.2 Å². The van der Waals surface area contributed by atoms with E-state index in [1.807, 2.05) is 6.07 Å². The van der Waals surface area contributed by atoms with Crippen molar-refractivity contribution in [3.8, 4) is 0 Å². The zero-order valence-electron chi connectivity index (χ0n) is 22.7. The molecule has 2 saturated heterocycles. The minimum Gasteiger partial charge on any atom is -0.478 e. The molecule has 42 heavy (non-hydrogen) atoms. The first-order valence-corrected chi connectivity index (χ1v) is 14.9. The van der Waals surface area contributed by atoms with E-state index in [1.165, 1.54) is 18.2 Å². The lowest BCUT2D eigenvalue weighted by molar-refractivity contribution is -0.128. The maximum atomic E-state index is 16.1. The summed E-state index contributed by atoms with van der Waals surface area (Å²) < 4.78 is 16.1. The van der Waals surface area contributed by atoms with Gasteiger partial charge in [-0.1, -0.05) is 48.3 Å². The van der Waals surface area contributed by atoms with Crippen molar-refractivity contribution < 1.29 is 23.9 Å². The van der Waals surface area contributed by atoms with Crippen LogP contribution in [0.3, 0.4) is 0 Å². The highest BCUT2D eigenvalue weighted by atomic mass is 35.5. The van der Waals surface area contributed by atoms with Crippen molar-refractivity contribution in [2.45, 2.75) is 37.3 Å². The number of carboxylic acid groups (broad SMARTS) is 1. The maximum absolute atomic E-state index is 16.1. The molecule has 7 rings (SSSR count). The molecule has 0 aromatic heterocycles. The number of nitrogens with one attached hydrogen (secondary N) is 1. The molecule has 2 N–H and O–H groups in total. The predicted octanol–water partition coefficient (Wildman–Crippen LogP) is 6.16. The van der Waals surface area contributed by atoms with E-state index < -0.39 is 29.2 Å². The summed E-state index contributed by atoms with van der Waals surface area (Å²) >= 11 is 12.7. The molecule has 10 heteroatoms.